The summed E-state index contributed by atoms with van der Waals surface area (Å²) in [6.07, 6.45) is 0.751. The third kappa shape index (κ3) is 7.62. The molecule has 0 radical (unpaired) electrons. The second-order valence-corrected chi connectivity index (χ2v) is 21.7. The smallest absolute Gasteiger partial charge is 0.412 e. The summed E-state index contributed by atoms with van der Waals surface area (Å²) in [5.74, 6) is -1.08. The van der Waals surface area contributed by atoms with Gasteiger partial charge in [-0.2, -0.15) is 0 Å². The molecule has 0 fully saturated rings. The molecule has 13 nitrogen and oxygen atoms in total. The first-order chi connectivity index (χ1) is 24.1. The number of hydrogen-bond donors (Lipinski definition) is 3. The maximum absolute atomic E-state index is 14.4. The average Bonchev–Trinajstić information content (AvgIpc) is 3.36. The molecule has 14 heteroatoms. The lowest BCUT2D eigenvalue weighted by Gasteiger charge is -2.39. The van der Waals surface area contributed by atoms with E-state index in [1.54, 1.807) is 27.7 Å². The topological polar surface area (TPSA) is 162 Å². The van der Waals surface area contributed by atoms with Gasteiger partial charge in [0, 0.05) is 35.5 Å². The SMILES string of the molecule is CCC1(OC(=O)CCNC(=O)OC(C)(C)C)C(=O)OCC2=C1CC1=C(C2=O)N2Cc3c(cc(NC(=O)OC(C)(C)C)cc3[Si](C)(C)C(C)C)C=C2N1. The molecular formula is C38H52N4O9Si. The van der Waals surface area contributed by atoms with Crippen LogP contribution in [0.3, 0.4) is 0 Å². The van der Waals surface area contributed by atoms with E-state index in [0.717, 1.165) is 11.1 Å². The molecule has 1 aromatic carbocycles. The predicted octanol–water partition coefficient (Wildman–Crippen LogP) is 5.72. The average molecular weight is 737 g/mol. The Morgan fingerprint density at radius 2 is 1.69 bits per heavy atom. The number of carbonyl (C=O) groups excluding carboxylic acids is 5. The number of ketones is 1. The fraction of sp³-hybridized carbons (Fsp3) is 0.553. The number of rotatable bonds is 8. The Hall–Kier alpha value is -4.59. The van der Waals surface area contributed by atoms with E-state index in [9.17, 15) is 24.0 Å². The zero-order chi connectivity index (χ0) is 38.6. The summed E-state index contributed by atoms with van der Waals surface area (Å²) in [6, 6.07) is 3.97. The molecular weight excluding hydrogens is 685 g/mol. The first-order valence-corrected chi connectivity index (χ1v) is 20.9. The molecule has 3 heterocycles. The highest BCUT2D eigenvalue weighted by Crippen LogP contribution is 2.46. The van der Waals surface area contributed by atoms with Crippen LogP contribution in [0.15, 0.2) is 40.5 Å². The van der Waals surface area contributed by atoms with Crippen LogP contribution >= 0.6 is 0 Å². The van der Waals surface area contributed by atoms with Crippen molar-refractivity contribution in [3.63, 3.8) is 0 Å². The monoisotopic (exact) mass is 736 g/mol. The van der Waals surface area contributed by atoms with Crippen LogP contribution in [0.4, 0.5) is 15.3 Å². The maximum Gasteiger partial charge on any atom is 0.412 e. The van der Waals surface area contributed by atoms with Gasteiger partial charge in [0.25, 0.3) is 0 Å². The maximum atomic E-state index is 14.4. The fourth-order valence-electron chi connectivity index (χ4n) is 6.75. The highest BCUT2D eigenvalue weighted by atomic mass is 28.3. The summed E-state index contributed by atoms with van der Waals surface area (Å²) in [6.45, 7) is 21.5. The van der Waals surface area contributed by atoms with Gasteiger partial charge in [-0.05, 0) is 82.8 Å². The molecule has 0 saturated carbocycles. The summed E-state index contributed by atoms with van der Waals surface area (Å²) in [4.78, 5) is 67.8. The minimum Gasteiger partial charge on any atom is -0.457 e. The van der Waals surface area contributed by atoms with Crippen LogP contribution in [0, 0.1) is 0 Å². The number of hydrogen-bond acceptors (Lipinski definition) is 11. The Morgan fingerprint density at radius 3 is 2.31 bits per heavy atom. The van der Waals surface area contributed by atoms with E-state index in [0.29, 0.717) is 46.1 Å². The van der Waals surface area contributed by atoms with Crippen molar-refractivity contribution in [1.29, 1.82) is 0 Å². The Morgan fingerprint density at radius 1 is 1.04 bits per heavy atom. The molecule has 0 aromatic heterocycles. The standard InChI is InChI=1S/C38H52N4O9Si/c1-12-38(49-30(43)13-14-39-34(46)50-36(4,5)6)26-18-27-31(32(44)25(26)20-48-33(38)45)42-19-24-22(16-29(42)41-27)15-23(40-35(47)51-37(7,8)9)17-28(24)52(10,11)21(2)3/h15-17,21,41H,12-14,18-20H2,1-11H3,(H,39,46)(H,40,47). The predicted molar refractivity (Wildman–Crippen MR) is 198 cm³/mol. The molecule has 3 N–H and O–H groups in total. The Bertz CT molecular complexity index is 1810. The van der Waals surface area contributed by atoms with Gasteiger partial charge >= 0.3 is 24.1 Å². The zero-order valence-electron chi connectivity index (χ0n) is 32.2. The normalized spacial score (nSPS) is 19.8. The van der Waals surface area contributed by atoms with Gasteiger partial charge in [0.1, 0.15) is 29.3 Å². The van der Waals surface area contributed by atoms with Crippen molar-refractivity contribution in [3.05, 3.63) is 51.6 Å². The molecule has 2 amide bonds. The van der Waals surface area contributed by atoms with Gasteiger partial charge in [-0.3, -0.25) is 14.9 Å². The largest absolute Gasteiger partial charge is 0.457 e. The Kier molecular flexibility index (Phi) is 10.2. The van der Waals surface area contributed by atoms with Gasteiger partial charge in [0.15, 0.2) is 0 Å². The van der Waals surface area contributed by atoms with E-state index in [1.807, 2.05) is 43.9 Å². The van der Waals surface area contributed by atoms with Crippen molar-refractivity contribution in [3.8, 4) is 0 Å². The number of amides is 2. The number of nitrogens with zero attached hydrogens (tertiary/aromatic N) is 1. The number of anilines is 1. The quantitative estimate of drug-likeness (QED) is 0.170. The lowest BCUT2D eigenvalue weighted by molar-refractivity contribution is -0.180. The van der Waals surface area contributed by atoms with Crippen molar-refractivity contribution in [1.82, 2.24) is 15.5 Å². The number of nitrogens with one attached hydrogen (secondary N) is 3. The van der Waals surface area contributed by atoms with Gasteiger partial charge in [0.2, 0.25) is 11.4 Å². The molecule has 0 spiro atoms. The van der Waals surface area contributed by atoms with Gasteiger partial charge in [0.05, 0.1) is 21.0 Å². The molecule has 0 bridgehead atoms. The Labute approximate surface area is 306 Å². The van der Waals surface area contributed by atoms with Crippen LogP contribution < -0.4 is 21.1 Å². The molecule has 0 saturated heterocycles. The molecule has 1 atom stereocenters. The number of ether oxygens (including phenoxy) is 4. The van der Waals surface area contributed by atoms with Gasteiger partial charge < -0.3 is 34.5 Å². The van der Waals surface area contributed by atoms with Crippen molar-refractivity contribution in [2.75, 3.05) is 18.5 Å². The minimum absolute atomic E-state index is 0.0509. The summed E-state index contributed by atoms with van der Waals surface area (Å²) in [7, 11) is -2.09. The van der Waals surface area contributed by atoms with Crippen LogP contribution in [0.1, 0.15) is 92.7 Å². The summed E-state index contributed by atoms with van der Waals surface area (Å²) in [5, 5.41) is 10.0. The third-order valence-corrected chi connectivity index (χ3v) is 14.7. The number of esters is 2. The minimum atomic E-state index is -2.09. The molecule has 4 aliphatic rings. The third-order valence-electron chi connectivity index (χ3n) is 9.96. The zero-order valence-corrected chi connectivity index (χ0v) is 33.2. The van der Waals surface area contributed by atoms with E-state index in [1.165, 1.54) is 5.19 Å². The first kappa shape index (κ1) is 38.6. The van der Waals surface area contributed by atoms with E-state index in [-0.39, 0.29) is 38.2 Å². The van der Waals surface area contributed by atoms with Crippen molar-refractivity contribution >= 4 is 54.9 Å². The number of benzene rings is 1. The van der Waals surface area contributed by atoms with Gasteiger partial charge in [-0.1, -0.05) is 39.1 Å². The molecule has 3 aliphatic heterocycles. The lowest BCUT2D eigenvalue weighted by Crippen LogP contribution is -2.52. The van der Waals surface area contributed by atoms with Crippen molar-refractivity contribution < 1.29 is 42.9 Å². The van der Waals surface area contributed by atoms with Crippen LogP contribution in [-0.4, -0.2) is 72.8 Å². The summed E-state index contributed by atoms with van der Waals surface area (Å²) in [5.41, 5.74) is 1.62. The van der Waals surface area contributed by atoms with Crippen LogP contribution in [0.5, 0.6) is 0 Å². The van der Waals surface area contributed by atoms with Crippen LogP contribution in [0.25, 0.3) is 6.08 Å². The number of Topliss-reactive ketones (excluding diaryl/α,β-unsaturated/α-hetero) is 1. The van der Waals surface area contributed by atoms with Crippen LogP contribution in [0.2, 0.25) is 18.6 Å². The Balaban J connectivity index is 1.43. The highest BCUT2D eigenvalue weighted by Gasteiger charge is 2.54. The molecule has 5 rings (SSSR count). The molecule has 52 heavy (non-hydrogen) atoms. The van der Waals surface area contributed by atoms with Crippen molar-refractivity contribution in [2.24, 2.45) is 0 Å². The number of alkyl carbamates (subject to hydrolysis) is 1. The van der Waals surface area contributed by atoms with Gasteiger partial charge in [-0.25, -0.2) is 14.4 Å². The summed E-state index contributed by atoms with van der Waals surface area (Å²) >= 11 is 0. The number of fused-ring (bicyclic) bond motifs is 3. The fourth-order valence-corrected chi connectivity index (χ4v) is 8.91. The first-order valence-electron chi connectivity index (χ1n) is 17.9. The second kappa shape index (κ2) is 13.8. The lowest BCUT2D eigenvalue weighted by atomic mass is 9.78. The van der Waals surface area contributed by atoms with Crippen molar-refractivity contribution in [2.45, 2.75) is 124 Å². The summed E-state index contributed by atoms with van der Waals surface area (Å²) < 4.78 is 22.2. The van der Waals surface area contributed by atoms with E-state index >= 15 is 0 Å². The number of carbonyl (C=O) groups is 5. The van der Waals surface area contributed by atoms with E-state index < -0.39 is 49.0 Å². The molecule has 1 unspecified atom stereocenters. The second-order valence-electron chi connectivity index (χ2n) is 16.5. The van der Waals surface area contributed by atoms with E-state index in [4.69, 9.17) is 18.9 Å². The van der Waals surface area contributed by atoms with E-state index in [2.05, 4.69) is 42.9 Å². The highest BCUT2D eigenvalue weighted by molar-refractivity contribution is 6.91. The van der Waals surface area contributed by atoms with Gasteiger partial charge in [-0.15, -0.1) is 0 Å². The number of cyclic esters (lactones) is 1. The molecule has 1 aromatic rings. The molecule has 1 aliphatic carbocycles. The molecule has 282 valence electrons. The van der Waals surface area contributed by atoms with Crippen LogP contribution in [-0.2, 0) is 39.9 Å². The number of allylic oxidation sites excluding steroid dienone is 2.